The van der Waals surface area contributed by atoms with E-state index in [0.717, 1.165) is 11.2 Å². The lowest BCUT2D eigenvalue weighted by atomic mass is 10.0. The van der Waals surface area contributed by atoms with E-state index in [1.807, 2.05) is 18.5 Å². The van der Waals surface area contributed by atoms with Crippen LogP contribution in [0, 0.1) is 6.92 Å². The van der Waals surface area contributed by atoms with E-state index >= 15 is 0 Å². The molecule has 2 nitrogen and oxygen atoms in total. The van der Waals surface area contributed by atoms with Crippen molar-refractivity contribution in [3.8, 4) is 0 Å². The Bertz CT molecular complexity index is 461. The van der Waals surface area contributed by atoms with Gasteiger partial charge in [-0.15, -0.1) is 0 Å². The van der Waals surface area contributed by atoms with Gasteiger partial charge in [0.15, 0.2) is 0 Å². The molecule has 0 saturated carbocycles. The Balaban J connectivity index is 2.71. The average Bonchev–Trinajstić information content (AvgIpc) is 2.16. The van der Waals surface area contributed by atoms with Crippen molar-refractivity contribution in [1.29, 1.82) is 0 Å². The van der Waals surface area contributed by atoms with Crippen LogP contribution in [0.3, 0.4) is 0 Å². The number of aryl methyl sites for hydroxylation is 1. The van der Waals surface area contributed by atoms with Gasteiger partial charge in [0.25, 0.3) is 0 Å². The Morgan fingerprint density at radius 3 is 2.79 bits per heavy atom. The summed E-state index contributed by atoms with van der Waals surface area (Å²) in [4.78, 5) is 8.60. The standard InChI is InChI=1S/C12H14N2/c1-8(2)11-6-10-4-5-13-7-12(10)14-9(11)3/h4-8H,1-3H3. The third-order valence-electron chi connectivity index (χ3n) is 2.47. The molecular weight excluding hydrogens is 172 g/mol. The van der Waals surface area contributed by atoms with E-state index in [4.69, 9.17) is 0 Å². The monoisotopic (exact) mass is 186 g/mol. The van der Waals surface area contributed by atoms with Gasteiger partial charge >= 0.3 is 0 Å². The van der Waals surface area contributed by atoms with Crippen molar-refractivity contribution in [3.63, 3.8) is 0 Å². The van der Waals surface area contributed by atoms with Crippen molar-refractivity contribution in [2.75, 3.05) is 0 Å². The largest absolute Gasteiger partial charge is 0.262 e. The van der Waals surface area contributed by atoms with Gasteiger partial charge in [-0.3, -0.25) is 9.97 Å². The second-order valence-corrected chi connectivity index (χ2v) is 3.89. The molecule has 0 spiro atoms. The summed E-state index contributed by atoms with van der Waals surface area (Å²) < 4.78 is 0. The van der Waals surface area contributed by atoms with E-state index in [9.17, 15) is 0 Å². The van der Waals surface area contributed by atoms with Crippen LogP contribution in [0.15, 0.2) is 24.5 Å². The van der Waals surface area contributed by atoms with Crippen LogP contribution in [-0.2, 0) is 0 Å². The van der Waals surface area contributed by atoms with Crippen LogP contribution in [0.4, 0.5) is 0 Å². The third-order valence-corrected chi connectivity index (χ3v) is 2.47. The summed E-state index contributed by atoms with van der Waals surface area (Å²) in [7, 11) is 0. The summed E-state index contributed by atoms with van der Waals surface area (Å²) in [6.45, 7) is 6.44. The molecule has 2 aromatic heterocycles. The second-order valence-electron chi connectivity index (χ2n) is 3.89. The molecule has 2 aromatic rings. The van der Waals surface area contributed by atoms with E-state index in [1.54, 1.807) is 0 Å². The van der Waals surface area contributed by atoms with Crippen molar-refractivity contribution in [2.45, 2.75) is 26.7 Å². The Morgan fingerprint density at radius 2 is 2.07 bits per heavy atom. The fourth-order valence-electron chi connectivity index (χ4n) is 1.71. The van der Waals surface area contributed by atoms with Gasteiger partial charge in [0.05, 0.1) is 11.7 Å². The van der Waals surface area contributed by atoms with E-state index in [-0.39, 0.29) is 0 Å². The molecule has 0 unspecified atom stereocenters. The van der Waals surface area contributed by atoms with Gasteiger partial charge < -0.3 is 0 Å². The third kappa shape index (κ3) is 1.48. The molecule has 2 rings (SSSR count). The first-order valence-corrected chi connectivity index (χ1v) is 4.90. The van der Waals surface area contributed by atoms with E-state index in [0.29, 0.717) is 5.92 Å². The lowest BCUT2D eigenvalue weighted by Gasteiger charge is -2.09. The lowest BCUT2D eigenvalue weighted by molar-refractivity contribution is 0.847. The molecule has 0 amide bonds. The van der Waals surface area contributed by atoms with Crippen LogP contribution in [0.2, 0.25) is 0 Å². The van der Waals surface area contributed by atoms with Crippen LogP contribution in [0.5, 0.6) is 0 Å². The maximum Gasteiger partial charge on any atom is 0.0888 e. The van der Waals surface area contributed by atoms with Gasteiger partial charge in [-0.25, -0.2) is 0 Å². The molecule has 14 heavy (non-hydrogen) atoms. The molecule has 0 saturated heterocycles. The smallest absolute Gasteiger partial charge is 0.0888 e. The van der Waals surface area contributed by atoms with Crippen molar-refractivity contribution in [3.05, 3.63) is 35.8 Å². The van der Waals surface area contributed by atoms with Gasteiger partial charge in [0, 0.05) is 17.3 Å². The van der Waals surface area contributed by atoms with E-state index in [2.05, 4.69) is 36.8 Å². The minimum atomic E-state index is 0.528. The molecule has 2 heteroatoms. The number of nitrogens with zero attached hydrogens (tertiary/aromatic N) is 2. The molecule has 0 atom stereocenters. The summed E-state index contributed by atoms with van der Waals surface area (Å²) in [5, 5.41) is 1.18. The van der Waals surface area contributed by atoms with Crippen LogP contribution >= 0.6 is 0 Å². The minimum absolute atomic E-state index is 0.528. The molecule has 0 fully saturated rings. The zero-order valence-electron chi connectivity index (χ0n) is 8.78. The van der Waals surface area contributed by atoms with Crippen LogP contribution < -0.4 is 0 Å². The highest BCUT2D eigenvalue weighted by molar-refractivity contribution is 5.78. The summed E-state index contributed by atoms with van der Waals surface area (Å²) in [5.41, 5.74) is 3.42. The predicted octanol–water partition coefficient (Wildman–Crippen LogP) is 3.06. The first kappa shape index (κ1) is 9.13. The molecule has 0 N–H and O–H groups in total. The van der Waals surface area contributed by atoms with Gasteiger partial charge in [0.2, 0.25) is 0 Å². The Morgan fingerprint density at radius 1 is 1.29 bits per heavy atom. The Kier molecular flexibility index (Phi) is 2.20. The zero-order valence-corrected chi connectivity index (χ0v) is 8.78. The zero-order chi connectivity index (χ0) is 10.1. The quantitative estimate of drug-likeness (QED) is 0.684. The Labute approximate surface area is 84.0 Å². The number of pyridine rings is 2. The molecule has 0 aliphatic rings. The number of hydrogen-bond donors (Lipinski definition) is 0. The highest BCUT2D eigenvalue weighted by atomic mass is 14.7. The molecule has 0 radical (unpaired) electrons. The topological polar surface area (TPSA) is 25.8 Å². The SMILES string of the molecule is Cc1nc2cnccc2cc1C(C)C. The fraction of sp³-hybridized carbons (Fsp3) is 0.333. The van der Waals surface area contributed by atoms with E-state index in [1.165, 1.54) is 10.9 Å². The second kappa shape index (κ2) is 3.37. The summed E-state index contributed by atoms with van der Waals surface area (Å²) in [5.74, 6) is 0.528. The summed E-state index contributed by atoms with van der Waals surface area (Å²) in [6, 6.07) is 4.22. The molecule has 2 heterocycles. The molecule has 0 bridgehead atoms. The molecule has 0 aliphatic heterocycles. The fourth-order valence-corrected chi connectivity index (χ4v) is 1.71. The average molecular weight is 186 g/mol. The molecule has 72 valence electrons. The Hall–Kier alpha value is -1.44. The van der Waals surface area contributed by atoms with Crippen molar-refractivity contribution in [2.24, 2.45) is 0 Å². The first-order valence-electron chi connectivity index (χ1n) is 4.90. The predicted molar refractivity (Wildman–Crippen MR) is 58.4 cm³/mol. The minimum Gasteiger partial charge on any atom is -0.262 e. The first-order chi connectivity index (χ1) is 6.68. The van der Waals surface area contributed by atoms with E-state index < -0.39 is 0 Å². The lowest BCUT2D eigenvalue weighted by Crippen LogP contribution is -1.95. The number of aromatic nitrogens is 2. The van der Waals surface area contributed by atoms with Crippen molar-refractivity contribution in [1.82, 2.24) is 9.97 Å². The van der Waals surface area contributed by atoms with Crippen molar-refractivity contribution >= 4 is 10.9 Å². The van der Waals surface area contributed by atoms with Gasteiger partial charge in [-0.05, 0) is 30.5 Å². The summed E-state index contributed by atoms with van der Waals surface area (Å²) in [6.07, 6.45) is 3.62. The summed E-state index contributed by atoms with van der Waals surface area (Å²) >= 11 is 0. The molecular formula is C12H14N2. The number of fused-ring (bicyclic) bond motifs is 1. The normalized spacial score (nSPS) is 11.1. The maximum absolute atomic E-state index is 4.53. The van der Waals surface area contributed by atoms with Crippen molar-refractivity contribution < 1.29 is 0 Å². The number of rotatable bonds is 1. The van der Waals surface area contributed by atoms with Crippen LogP contribution in [0.1, 0.15) is 31.0 Å². The highest BCUT2D eigenvalue weighted by Gasteiger charge is 2.06. The molecule has 0 aromatic carbocycles. The number of hydrogen-bond acceptors (Lipinski definition) is 2. The van der Waals surface area contributed by atoms with Crippen LogP contribution in [-0.4, -0.2) is 9.97 Å². The van der Waals surface area contributed by atoms with Gasteiger partial charge in [-0.1, -0.05) is 13.8 Å². The molecule has 0 aliphatic carbocycles. The maximum atomic E-state index is 4.53. The van der Waals surface area contributed by atoms with Crippen LogP contribution in [0.25, 0.3) is 10.9 Å². The van der Waals surface area contributed by atoms with Gasteiger partial charge in [0.1, 0.15) is 0 Å². The van der Waals surface area contributed by atoms with Gasteiger partial charge in [-0.2, -0.15) is 0 Å². The highest BCUT2D eigenvalue weighted by Crippen LogP contribution is 2.21.